The lowest BCUT2D eigenvalue weighted by molar-refractivity contribution is -0.0500. The smallest absolute Gasteiger partial charge is 0.504 e. The summed E-state index contributed by atoms with van der Waals surface area (Å²) in [7, 11) is -5.10. The molecule has 0 bridgehead atoms. The molecule has 0 amide bonds. The molecule has 2 aromatic rings. The van der Waals surface area contributed by atoms with Gasteiger partial charge in [-0.25, -0.2) is 9.78 Å². The van der Waals surface area contributed by atoms with Gasteiger partial charge in [0.1, 0.15) is 5.52 Å². The molecule has 23 heavy (non-hydrogen) atoms. The van der Waals surface area contributed by atoms with Gasteiger partial charge in [-0.05, 0) is 12.1 Å². The number of rotatable bonds is 3. The van der Waals surface area contributed by atoms with Crippen LogP contribution in [0.1, 0.15) is 10.5 Å². The molecule has 0 saturated heterocycles. The van der Waals surface area contributed by atoms with E-state index in [1.165, 1.54) is 6.07 Å². The summed E-state index contributed by atoms with van der Waals surface area (Å²) in [5, 5.41) is 9.54. The maximum absolute atomic E-state index is 12.4. The first-order valence-electron chi connectivity index (χ1n) is 5.65. The van der Waals surface area contributed by atoms with E-state index in [1.54, 1.807) is 0 Å². The number of methoxy groups -OCH3 is 1. The lowest BCUT2D eigenvalue weighted by atomic mass is 10.2. The van der Waals surface area contributed by atoms with Crippen molar-refractivity contribution in [2.75, 3.05) is 7.11 Å². The molecule has 0 unspecified atom stereocenters. The third kappa shape index (κ3) is 2.97. The fourth-order valence-electron chi connectivity index (χ4n) is 1.55. The van der Waals surface area contributed by atoms with Crippen molar-refractivity contribution in [3.63, 3.8) is 0 Å². The topological polar surface area (TPSA) is 116 Å². The van der Waals surface area contributed by atoms with Crippen molar-refractivity contribution < 1.29 is 40.4 Å². The van der Waals surface area contributed by atoms with Crippen LogP contribution in [-0.2, 0) is 14.9 Å². The van der Waals surface area contributed by atoms with Crippen LogP contribution in [0.2, 0.25) is 0 Å². The molecule has 0 aliphatic rings. The van der Waals surface area contributed by atoms with Crippen LogP contribution in [0.4, 0.5) is 13.2 Å². The molecule has 0 saturated carbocycles. The van der Waals surface area contributed by atoms with Gasteiger partial charge >= 0.3 is 21.6 Å². The average molecular weight is 352 g/mol. The van der Waals surface area contributed by atoms with Gasteiger partial charge in [-0.3, -0.25) is 4.98 Å². The zero-order valence-electron chi connectivity index (χ0n) is 11.2. The van der Waals surface area contributed by atoms with E-state index >= 15 is 0 Å². The Kier molecular flexibility index (Phi) is 4.03. The normalized spacial score (nSPS) is 12.2. The molecule has 0 fully saturated rings. The minimum atomic E-state index is -6.03. The number of carbonyl (C=O) groups excluding carboxylic acids is 1. The van der Waals surface area contributed by atoms with Gasteiger partial charge in [0.15, 0.2) is 11.4 Å². The Morgan fingerprint density at radius 1 is 1.35 bits per heavy atom. The Bertz CT molecular complexity index is 881. The number of hydrogen-bond acceptors (Lipinski definition) is 8. The van der Waals surface area contributed by atoms with Crippen LogP contribution in [0.25, 0.3) is 10.9 Å². The highest BCUT2D eigenvalue weighted by Crippen LogP contribution is 2.35. The molecule has 124 valence electrons. The molecule has 8 nitrogen and oxygen atoms in total. The van der Waals surface area contributed by atoms with Crippen molar-refractivity contribution >= 4 is 27.0 Å². The first kappa shape index (κ1) is 16.7. The quantitative estimate of drug-likeness (QED) is 0.500. The summed E-state index contributed by atoms with van der Waals surface area (Å²) in [6.07, 6.45) is 1.16. The molecule has 2 aromatic heterocycles. The number of carbonyl (C=O) groups is 1. The minimum Gasteiger partial charge on any atom is -0.504 e. The summed E-state index contributed by atoms with van der Waals surface area (Å²) in [6.45, 7) is 0. The fraction of sp³-hybridized carbons (Fsp3) is 0.182. The third-order valence-electron chi connectivity index (χ3n) is 2.55. The zero-order chi connectivity index (χ0) is 17.4. The van der Waals surface area contributed by atoms with Crippen molar-refractivity contribution in [3.8, 4) is 11.6 Å². The molecule has 0 radical (unpaired) electrons. The number of alkyl halides is 3. The number of hydrogen-bond donors (Lipinski definition) is 1. The Morgan fingerprint density at radius 2 is 2.00 bits per heavy atom. The van der Waals surface area contributed by atoms with Crippen molar-refractivity contribution in [1.82, 2.24) is 9.97 Å². The molecule has 2 heterocycles. The summed E-state index contributed by atoms with van der Waals surface area (Å²) < 4.78 is 67.8. The molecular weight excluding hydrogens is 345 g/mol. The second-order valence-electron chi connectivity index (χ2n) is 3.99. The number of fused-ring (bicyclic) bond motifs is 1. The fourth-order valence-corrected chi connectivity index (χ4v) is 1.98. The first-order valence-corrected chi connectivity index (χ1v) is 7.06. The summed E-state index contributed by atoms with van der Waals surface area (Å²) in [5.41, 5.74) is -6.92. The van der Waals surface area contributed by atoms with Gasteiger partial charge in [-0.15, -0.1) is 0 Å². The molecule has 0 aliphatic carbocycles. The molecule has 0 aliphatic heterocycles. The van der Waals surface area contributed by atoms with Crippen molar-refractivity contribution in [2.45, 2.75) is 5.51 Å². The Labute approximate surface area is 126 Å². The van der Waals surface area contributed by atoms with E-state index in [2.05, 4.69) is 18.9 Å². The van der Waals surface area contributed by atoms with Crippen LogP contribution in [0, 0.1) is 0 Å². The van der Waals surface area contributed by atoms with Crippen LogP contribution in [-0.4, -0.2) is 42.1 Å². The van der Waals surface area contributed by atoms with Gasteiger partial charge < -0.3 is 14.0 Å². The number of aromatic hydroxyl groups is 1. The average Bonchev–Trinajstić information content (AvgIpc) is 2.48. The highest BCUT2D eigenvalue weighted by atomic mass is 32.2. The number of esters is 1. The van der Waals surface area contributed by atoms with Gasteiger partial charge in [-0.2, -0.15) is 21.6 Å². The highest BCUT2D eigenvalue weighted by Gasteiger charge is 2.49. The lowest BCUT2D eigenvalue weighted by Crippen LogP contribution is -2.28. The van der Waals surface area contributed by atoms with Crippen LogP contribution >= 0.6 is 0 Å². The molecule has 0 spiro atoms. The predicted molar refractivity (Wildman–Crippen MR) is 68.1 cm³/mol. The molecule has 2 rings (SSSR count). The van der Waals surface area contributed by atoms with Gasteiger partial charge in [-0.1, -0.05) is 0 Å². The molecular formula is C11H7F3N2O6S. The van der Waals surface area contributed by atoms with E-state index in [0.29, 0.717) is 0 Å². The van der Waals surface area contributed by atoms with Crippen LogP contribution in [0.3, 0.4) is 0 Å². The lowest BCUT2D eigenvalue weighted by Gasteiger charge is -2.12. The van der Waals surface area contributed by atoms with Gasteiger partial charge in [0.05, 0.1) is 12.5 Å². The standard InChI is InChI=1S/C11H7F3N2O6S/c1-21-10(18)7-8(17)6-5(3-2-4-15-6)9(16-7)22-23(19,20)11(12,13)14/h2-4,17H,1H3. The highest BCUT2D eigenvalue weighted by molar-refractivity contribution is 7.88. The van der Waals surface area contributed by atoms with Gasteiger partial charge in [0.25, 0.3) is 0 Å². The van der Waals surface area contributed by atoms with Gasteiger partial charge in [0.2, 0.25) is 5.88 Å². The third-order valence-corrected chi connectivity index (χ3v) is 3.50. The second kappa shape index (κ2) is 5.53. The van der Waals surface area contributed by atoms with Crippen LogP contribution < -0.4 is 4.18 Å². The predicted octanol–water partition coefficient (Wildman–Crippen LogP) is 1.35. The Hall–Kier alpha value is -2.63. The van der Waals surface area contributed by atoms with Crippen LogP contribution in [0.15, 0.2) is 18.3 Å². The summed E-state index contributed by atoms with van der Waals surface area (Å²) in [4.78, 5) is 18.5. The number of halogens is 3. The number of aromatic nitrogens is 2. The second-order valence-corrected chi connectivity index (χ2v) is 5.53. The van der Waals surface area contributed by atoms with E-state index in [9.17, 15) is 31.5 Å². The van der Waals surface area contributed by atoms with Crippen LogP contribution in [0.5, 0.6) is 11.6 Å². The molecule has 0 atom stereocenters. The summed E-state index contributed by atoms with van der Waals surface area (Å²) in [6, 6.07) is 2.35. The molecule has 12 heteroatoms. The molecule has 1 N–H and O–H groups in total. The van der Waals surface area contributed by atoms with Crippen molar-refractivity contribution in [3.05, 3.63) is 24.0 Å². The minimum absolute atomic E-state index is 0.342. The SMILES string of the molecule is COC(=O)c1nc(OS(=O)(=O)C(F)(F)F)c2cccnc2c1O. The van der Waals surface area contributed by atoms with E-state index < -0.39 is 38.9 Å². The Morgan fingerprint density at radius 3 is 2.57 bits per heavy atom. The van der Waals surface area contributed by atoms with Crippen molar-refractivity contribution in [2.24, 2.45) is 0 Å². The molecule has 0 aromatic carbocycles. The largest absolute Gasteiger partial charge is 0.534 e. The van der Waals surface area contributed by atoms with Gasteiger partial charge in [0, 0.05) is 6.20 Å². The monoisotopic (exact) mass is 352 g/mol. The number of pyridine rings is 2. The van der Waals surface area contributed by atoms with E-state index in [1.807, 2.05) is 0 Å². The number of nitrogens with zero attached hydrogens (tertiary/aromatic N) is 2. The van der Waals surface area contributed by atoms with E-state index in [0.717, 1.165) is 19.4 Å². The summed E-state index contributed by atoms with van der Waals surface area (Å²) in [5.74, 6) is -3.07. The number of ether oxygens (including phenoxy) is 1. The Balaban J connectivity index is 2.73. The summed E-state index contributed by atoms with van der Waals surface area (Å²) >= 11 is 0. The zero-order valence-corrected chi connectivity index (χ0v) is 12.0. The maximum atomic E-state index is 12.4. The maximum Gasteiger partial charge on any atom is 0.534 e. The first-order chi connectivity index (χ1) is 10.6. The van der Waals surface area contributed by atoms with E-state index in [4.69, 9.17) is 0 Å². The van der Waals surface area contributed by atoms with Crippen molar-refractivity contribution in [1.29, 1.82) is 0 Å². The van der Waals surface area contributed by atoms with E-state index in [-0.39, 0.29) is 10.9 Å².